The van der Waals surface area contributed by atoms with E-state index in [4.69, 9.17) is 0 Å². The molecule has 0 bridgehead atoms. The van der Waals surface area contributed by atoms with Crippen LogP contribution in [-0.4, -0.2) is 0 Å². The molecule has 0 saturated carbocycles. The minimum Gasteiger partial charge on any atom is -0.513 e. The van der Waals surface area contributed by atoms with Crippen molar-refractivity contribution in [3.8, 4) is 64.6 Å². The molecule has 8 aromatic rings. The zero-order valence-electron chi connectivity index (χ0n) is 31.3. The summed E-state index contributed by atoms with van der Waals surface area (Å²) in [5.41, 5.74) is 17.1. The predicted octanol–water partition coefficient (Wildman–Crippen LogP) is 17.0. The van der Waals surface area contributed by atoms with Crippen molar-refractivity contribution in [2.45, 2.75) is 55.4 Å². The van der Waals surface area contributed by atoms with Gasteiger partial charge >= 0.3 is 0 Å². The summed E-state index contributed by atoms with van der Waals surface area (Å²) in [7, 11) is 1.10. The van der Waals surface area contributed by atoms with E-state index < -0.39 is 14.4 Å². The third-order valence-electron chi connectivity index (χ3n) is 11.2. The summed E-state index contributed by atoms with van der Waals surface area (Å²) in [5, 5.41) is 12.4. The van der Waals surface area contributed by atoms with Crippen LogP contribution in [0.2, 0.25) is 0 Å². The fourth-order valence-electron chi connectivity index (χ4n) is 7.88. The fraction of sp³-hybridized carbons (Fsp3) is 0.167. The second-order valence-corrected chi connectivity index (χ2v) is 21.8. The van der Waals surface area contributed by atoms with Crippen molar-refractivity contribution in [3.05, 3.63) is 166 Å². The Morgan fingerprint density at radius 1 is 0.269 bits per heavy atom. The molecule has 0 fully saturated rings. The number of rotatable bonds is 7. The molecule has 2 unspecified atom stereocenters. The molecule has 0 nitrogen and oxygen atoms in total. The first-order valence-corrected chi connectivity index (χ1v) is 23.3. The molecule has 0 aliphatic heterocycles. The highest BCUT2D eigenvalue weighted by molar-refractivity contribution is 8.26. The molecule has 4 heterocycles. The zero-order valence-corrected chi connectivity index (χ0v) is 34.9. The van der Waals surface area contributed by atoms with Gasteiger partial charge in [0.1, 0.15) is 0 Å². The molecule has 0 aliphatic rings. The molecule has 0 amide bonds. The highest BCUT2D eigenvalue weighted by atomic mass is 32.0. The van der Waals surface area contributed by atoms with E-state index in [2.05, 4.69) is 177 Å². The van der Waals surface area contributed by atoms with Crippen molar-refractivity contribution in [2.75, 3.05) is 0 Å². The minimum absolute atomic E-state index is 0.786. The summed E-state index contributed by atoms with van der Waals surface area (Å²) >= 11 is 0. The first-order chi connectivity index (χ1) is 25.2. The van der Waals surface area contributed by atoms with Crippen molar-refractivity contribution >= 4 is 30.8 Å². The van der Waals surface area contributed by atoms with Gasteiger partial charge in [-0.1, -0.05) is 158 Å². The monoisotopic (exact) mass is 744 g/mol. The molecular formula is C48H44P4-2. The third kappa shape index (κ3) is 5.69. The zero-order chi connectivity index (χ0) is 36.3. The number of hydrogen-bond donors (Lipinski definition) is 0. The van der Waals surface area contributed by atoms with Gasteiger partial charge < -0.3 is 16.4 Å². The Kier molecular flexibility index (Phi) is 9.50. The highest BCUT2D eigenvalue weighted by Gasteiger charge is 2.29. The van der Waals surface area contributed by atoms with Gasteiger partial charge in [0.25, 0.3) is 0 Å². The summed E-state index contributed by atoms with van der Waals surface area (Å²) in [4.78, 5) is 0. The molecule has 0 spiro atoms. The van der Waals surface area contributed by atoms with Gasteiger partial charge in [0, 0.05) is 10.6 Å². The lowest BCUT2D eigenvalue weighted by Gasteiger charge is -2.22. The van der Waals surface area contributed by atoms with E-state index in [0.29, 0.717) is 0 Å². The van der Waals surface area contributed by atoms with Crippen LogP contribution < -0.4 is 0 Å². The Morgan fingerprint density at radius 2 is 0.519 bits per heavy atom. The van der Waals surface area contributed by atoms with E-state index in [9.17, 15) is 0 Å². The van der Waals surface area contributed by atoms with E-state index in [1.54, 1.807) is 21.2 Å². The summed E-state index contributed by atoms with van der Waals surface area (Å²) < 4.78 is 0. The van der Waals surface area contributed by atoms with Crippen molar-refractivity contribution in [1.29, 1.82) is 0 Å². The summed E-state index contributed by atoms with van der Waals surface area (Å²) in [6.07, 6.45) is 0. The van der Waals surface area contributed by atoms with Crippen LogP contribution in [0.15, 0.2) is 121 Å². The van der Waals surface area contributed by atoms with Crippen molar-refractivity contribution in [1.82, 2.24) is 0 Å². The van der Waals surface area contributed by atoms with Crippen molar-refractivity contribution in [3.63, 3.8) is 0 Å². The molecule has 4 heteroatoms. The van der Waals surface area contributed by atoms with Crippen LogP contribution in [-0.2, 0) is 0 Å². The van der Waals surface area contributed by atoms with Gasteiger partial charge in [0.05, 0.1) is 0 Å². The maximum absolute atomic E-state index is 2.43. The number of hydrogen-bond acceptors (Lipinski definition) is 0. The summed E-state index contributed by atoms with van der Waals surface area (Å²) in [5.74, 6) is 0. The van der Waals surface area contributed by atoms with Crippen LogP contribution in [0.4, 0.5) is 0 Å². The molecule has 2 atom stereocenters. The van der Waals surface area contributed by atoms with Crippen molar-refractivity contribution < 1.29 is 0 Å². The van der Waals surface area contributed by atoms with E-state index in [1.165, 1.54) is 104 Å². The maximum Gasteiger partial charge on any atom is 0.0128 e. The molecule has 0 radical (unpaired) electrons. The Bertz CT molecular complexity index is 2370. The van der Waals surface area contributed by atoms with Crippen molar-refractivity contribution in [2.24, 2.45) is 0 Å². The molecular weight excluding hydrogens is 700 g/mol. The molecule has 52 heavy (non-hydrogen) atoms. The van der Waals surface area contributed by atoms with Gasteiger partial charge in [-0.05, 0) is 110 Å². The molecule has 8 rings (SSSR count). The van der Waals surface area contributed by atoms with Crippen LogP contribution in [0.25, 0.3) is 64.6 Å². The summed E-state index contributed by atoms with van der Waals surface area (Å²) in [6, 6.07) is 44.9. The Balaban J connectivity index is 1.54. The standard InChI is InChI=1S/C48H44P4/c1-29-31(3)43(49-41(29)37-21-13-9-14-22-37)47-35(7)33(5)45(39-25-17-11-18-26-39)51(47)52-46(40-27-19-12-20-28-40)34(6)36(8)48(52)44-32(4)30(2)42(50-44)38-23-15-10-16-24-38/h9-28H,1-8H3/q-2. The highest BCUT2D eigenvalue weighted by Crippen LogP contribution is 2.79. The first-order valence-electron chi connectivity index (χ1n) is 18.1. The van der Waals surface area contributed by atoms with Crippen LogP contribution in [0.5, 0.6) is 0 Å². The minimum atomic E-state index is -0.786. The Morgan fingerprint density at radius 3 is 0.827 bits per heavy atom. The lowest BCUT2D eigenvalue weighted by molar-refractivity contribution is 1.38. The molecule has 4 aromatic heterocycles. The average molecular weight is 745 g/mol. The maximum atomic E-state index is 2.43. The van der Waals surface area contributed by atoms with Gasteiger partial charge in [-0.25, -0.2) is 0 Å². The lowest BCUT2D eigenvalue weighted by atomic mass is 10.0. The normalized spacial score (nSPS) is 12.5. The Hall–Kier alpha value is -4.00. The van der Waals surface area contributed by atoms with Crippen LogP contribution >= 0.6 is 30.8 Å². The molecule has 0 N–H and O–H groups in total. The number of benzene rings is 4. The SMILES string of the molecule is Cc1c(-c2ccccc2)[p-]c(-c2c(C)c(C)c(-c3ccccc3)p2-p2c(-c3ccccc3)c(C)c(C)c2-c2[p-]c(-c3ccccc3)c(C)c2C)c1C. The molecule has 0 saturated heterocycles. The molecule has 0 aliphatic carbocycles. The molecule has 4 aromatic carbocycles. The average Bonchev–Trinajstić information content (AvgIpc) is 3.82. The van der Waals surface area contributed by atoms with Gasteiger partial charge in [-0.2, -0.15) is 21.2 Å². The van der Waals surface area contributed by atoms with E-state index >= 15 is 0 Å². The van der Waals surface area contributed by atoms with Gasteiger partial charge in [-0.3, -0.25) is 0 Å². The van der Waals surface area contributed by atoms with E-state index in [-0.39, 0.29) is 0 Å². The topological polar surface area (TPSA) is 0 Å². The second-order valence-electron chi connectivity index (χ2n) is 14.1. The first kappa shape index (κ1) is 35.1. The smallest absolute Gasteiger partial charge is 0.0128 e. The summed E-state index contributed by atoms with van der Waals surface area (Å²) in [6.45, 7) is 19.2. The predicted molar refractivity (Wildman–Crippen MR) is 236 cm³/mol. The largest absolute Gasteiger partial charge is 0.513 e. The van der Waals surface area contributed by atoms with Crippen LogP contribution in [0, 0.1) is 55.4 Å². The van der Waals surface area contributed by atoms with Gasteiger partial charge in [0.15, 0.2) is 0 Å². The van der Waals surface area contributed by atoms with Crippen LogP contribution in [0.1, 0.15) is 44.5 Å². The van der Waals surface area contributed by atoms with E-state index in [1.807, 2.05) is 0 Å². The second kappa shape index (κ2) is 14.1. The van der Waals surface area contributed by atoms with Gasteiger partial charge in [-0.15, -0.1) is 0 Å². The van der Waals surface area contributed by atoms with Gasteiger partial charge in [0.2, 0.25) is 0 Å². The quantitative estimate of drug-likeness (QED) is 0.152. The third-order valence-corrected chi connectivity index (χ3v) is 22.8. The lowest BCUT2D eigenvalue weighted by Crippen LogP contribution is -1.81. The fourth-order valence-corrected chi connectivity index (χ4v) is 22.4. The Labute approximate surface area is 315 Å². The van der Waals surface area contributed by atoms with Crippen LogP contribution in [0.3, 0.4) is 0 Å². The van der Waals surface area contributed by atoms with E-state index in [0.717, 1.165) is 0 Å². The molecule has 258 valence electrons.